The fourth-order valence-corrected chi connectivity index (χ4v) is 2.84. The summed E-state index contributed by atoms with van der Waals surface area (Å²) >= 11 is 5.87. The van der Waals surface area contributed by atoms with Crippen LogP contribution in [0, 0.1) is 11.7 Å². The maximum atomic E-state index is 13.2. The van der Waals surface area contributed by atoms with Gasteiger partial charge in [0, 0.05) is 11.6 Å². The maximum absolute atomic E-state index is 13.2. The van der Waals surface area contributed by atoms with Gasteiger partial charge in [-0.15, -0.1) is 0 Å². The van der Waals surface area contributed by atoms with Crippen LogP contribution in [0.5, 0.6) is 0 Å². The second-order valence-corrected chi connectivity index (χ2v) is 5.49. The van der Waals surface area contributed by atoms with E-state index in [2.05, 4.69) is 10.2 Å². The van der Waals surface area contributed by atoms with E-state index < -0.39 is 0 Å². The minimum absolute atomic E-state index is 0.248. The van der Waals surface area contributed by atoms with Crippen LogP contribution in [0.1, 0.15) is 18.4 Å². The summed E-state index contributed by atoms with van der Waals surface area (Å²) in [7, 11) is 2.00. The zero-order valence-corrected chi connectivity index (χ0v) is 11.5. The molecular formula is C14H20ClFN2. The number of nitrogens with one attached hydrogen (secondary N) is 1. The van der Waals surface area contributed by atoms with Crippen LogP contribution in [0.3, 0.4) is 0 Å². The van der Waals surface area contributed by atoms with Crippen molar-refractivity contribution < 1.29 is 4.39 Å². The second-order valence-electron chi connectivity index (χ2n) is 5.05. The number of likely N-dealkylation sites (tertiary alicyclic amines) is 1. The summed E-state index contributed by atoms with van der Waals surface area (Å²) in [4.78, 5) is 2.37. The number of piperidine rings is 1. The molecule has 0 saturated carbocycles. The fraction of sp³-hybridized carbons (Fsp3) is 0.571. The lowest BCUT2D eigenvalue weighted by Gasteiger charge is -2.31. The van der Waals surface area contributed by atoms with Crippen LogP contribution in [0.4, 0.5) is 4.39 Å². The Balaban J connectivity index is 1.87. The third kappa shape index (κ3) is 3.94. The third-order valence-corrected chi connectivity index (χ3v) is 3.75. The third-order valence-electron chi connectivity index (χ3n) is 3.53. The van der Waals surface area contributed by atoms with E-state index in [1.54, 1.807) is 6.07 Å². The number of rotatable bonds is 4. The van der Waals surface area contributed by atoms with Crippen molar-refractivity contribution in [3.63, 3.8) is 0 Å². The zero-order valence-electron chi connectivity index (χ0n) is 10.8. The molecule has 0 atom stereocenters. The summed E-state index contributed by atoms with van der Waals surface area (Å²) in [5.74, 6) is 0.532. The summed E-state index contributed by atoms with van der Waals surface area (Å²) < 4.78 is 13.2. The molecule has 0 spiro atoms. The van der Waals surface area contributed by atoms with Gasteiger partial charge < -0.3 is 5.32 Å². The molecule has 1 aliphatic rings. The molecule has 100 valence electrons. The maximum Gasteiger partial charge on any atom is 0.125 e. The zero-order chi connectivity index (χ0) is 13.0. The summed E-state index contributed by atoms with van der Waals surface area (Å²) in [6, 6.07) is 4.78. The molecule has 18 heavy (non-hydrogen) atoms. The molecule has 0 unspecified atom stereocenters. The van der Waals surface area contributed by atoms with Crippen molar-refractivity contribution >= 4 is 11.6 Å². The topological polar surface area (TPSA) is 15.3 Å². The quantitative estimate of drug-likeness (QED) is 0.905. The first-order chi connectivity index (χ1) is 8.67. The van der Waals surface area contributed by atoms with E-state index in [9.17, 15) is 4.39 Å². The van der Waals surface area contributed by atoms with Crippen LogP contribution in [0.25, 0.3) is 0 Å². The summed E-state index contributed by atoms with van der Waals surface area (Å²) in [5.41, 5.74) is 0.965. The van der Waals surface area contributed by atoms with Crippen LogP contribution < -0.4 is 5.32 Å². The van der Waals surface area contributed by atoms with E-state index in [0.29, 0.717) is 5.02 Å². The van der Waals surface area contributed by atoms with Crippen molar-refractivity contribution in [2.24, 2.45) is 5.92 Å². The van der Waals surface area contributed by atoms with E-state index in [-0.39, 0.29) is 5.82 Å². The Morgan fingerprint density at radius 1 is 1.33 bits per heavy atom. The van der Waals surface area contributed by atoms with Gasteiger partial charge in [0.1, 0.15) is 5.82 Å². The van der Waals surface area contributed by atoms with Crippen molar-refractivity contribution in [1.82, 2.24) is 10.2 Å². The number of hydrogen-bond acceptors (Lipinski definition) is 2. The fourth-order valence-electron chi connectivity index (χ4n) is 2.60. The molecular weight excluding hydrogens is 251 g/mol. The Kier molecular flexibility index (Phi) is 4.98. The highest BCUT2D eigenvalue weighted by Gasteiger charge is 2.18. The van der Waals surface area contributed by atoms with Crippen molar-refractivity contribution in [3.8, 4) is 0 Å². The minimum Gasteiger partial charge on any atom is -0.319 e. The normalized spacial score (nSPS) is 18.2. The molecule has 0 bridgehead atoms. The van der Waals surface area contributed by atoms with Gasteiger partial charge >= 0.3 is 0 Å². The Morgan fingerprint density at radius 3 is 2.67 bits per heavy atom. The molecule has 1 saturated heterocycles. The van der Waals surface area contributed by atoms with Gasteiger partial charge in [-0.2, -0.15) is 0 Å². The Morgan fingerprint density at radius 2 is 2.06 bits per heavy atom. The summed E-state index contributed by atoms with van der Waals surface area (Å²) in [5, 5.41) is 3.71. The standard InChI is InChI=1S/C14H20ClFN2/c1-17-9-11-2-4-18(5-3-11)10-12-6-13(15)8-14(16)7-12/h6-8,11,17H,2-5,9-10H2,1H3. The lowest BCUT2D eigenvalue weighted by atomic mass is 9.96. The predicted octanol–water partition coefficient (Wildman–Crippen LogP) is 2.91. The minimum atomic E-state index is -0.248. The number of hydrogen-bond donors (Lipinski definition) is 1. The lowest BCUT2D eigenvalue weighted by Crippen LogP contribution is -2.36. The number of benzene rings is 1. The first-order valence-corrected chi connectivity index (χ1v) is 6.87. The number of nitrogens with zero attached hydrogens (tertiary/aromatic N) is 1. The smallest absolute Gasteiger partial charge is 0.125 e. The van der Waals surface area contributed by atoms with Crippen molar-refractivity contribution in [2.75, 3.05) is 26.7 Å². The predicted molar refractivity (Wildman–Crippen MR) is 73.3 cm³/mol. The Labute approximate surface area is 113 Å². The van der Waals surface area contributed by atoms with Gasteiger partial charge in [0.05, 0.1) is 0 Å². The van der Waals surface area contributed by atoms with Crippen LogP contribution >= 0.6 is 11.6 Å². The summed E-state index contributed by atoms with van der Waals surface area (Å²) in [6.45, 7) is 4.06. The van der Waals surface area contributed by atoms with Crippen LogP contribution in [-0.2, 0) is 6.54 Å². The highest BCUT2D eigenvalue weighted by molar-refractivity contribution is 6.30. The van der Waals surface area contributed by atoms with Crippen molar-refractivity contribution in [3.05, 3.63) is 34.6 Å². The molecule has 4 heteroatoms. The van der Waals surface area contributed by atoms with Crippen molar-refractivity contribution in [1.29, 1.82) is 0 Å². The molecule has 0 aromatic heterocycles. The molecule has 1 aromatic carbocycles. The molecule has 1 aromatic rings. The van der Waals surface area contributed by atoms with Crippen LogP contribution in [0.15, 0.2) is 18.2 Å². The molecule has 0 aliphatic carbocycles. The molecule has 1 fully saturated rings. The highest BCUT2D eigenvalue weighted by atomic mass is 35.5. The van der Waals surface area contributed by atoms with Gasteiger partial charge in [-0.1, -0.05) is 11.6 Å². The average Bonchev–Trinajstić information content (AvgIpc) is 2.31. The number of halogens is 2. The van der Waals surface area contributed by atoms with E-state index in [1.807, 2.05) is 13.1 Å². The molecule has 2 nitrogen and oxygen atoms in total. The molecule has 1 N–H and O–H groups in total. The molecule has 2 rings (SSSR count). The second kappa shape index (κ2) is 6.50. The van der Waals surface area contributed by atoms with Gasteiger partial charge in [0.15, 0.2) is 0 Å². The van der Waals surface area contributed by atoms with E-state index in [0.717, 1.165) is 37.7 Å². The van der Waals surface area contributed by atoms with Gasteiger partial charge in [-0.25, -0.2) is 4.39 Å². The van der Waals surface area contributed by atoms with E-state index in [4.69, 9.17) is 11.6 Å². The molecule has 0 radical (unpaired) electrons. The molecule has 1 heterocycles. The van der Waals surface area contributed by atoms with Crippen LogP contribution in [-0.4, -0.2) is 31.6 Å². The highest BCUT2D eigenvalue weighted by Crippen LogP contribution is 2.20. The first-order valence-electron chi connectivity index (χ1n) is 6.49. The van der Waals surface area contributed by atoms with E-state index in [1.165, 1.54) is 18.9 Å². The molecule has 0 amide bonds. The van der Waals surface area contributed by atoms with Gasteiger partial charge in [-0.3, -0.25) is 4.90 Å². The SMILES string of the molecule is CNCC1CCN(Cc2cc(F)cc(Cl)c2)CC1. The van der Waals surface area contributed by atoms with Gasteiger partial charge in [-0.05, 0) is 69.2 Å². The molecule has 1 aliphatic heterocycles. The van der Waals surface area contributed by atoms with E-state index >= 15 is 0 Å². The van der Waals surface area contributed by atoms with Gasteiger partial charge in [0.2, 0.25) is 0 Å². The largest absolute Gasteiger partial charge is 0.319 e. The monoisotopic (exact) mass is 270 g/mol. The average molecular weight is 271 g/mol. The summed E-state index contributed by atoms with van der Waals surface area (Å²) in [6.07, 6.45) is 2.42. The van der Waals surface area contributed by atoms with Crippen molar-refractivity contribution in [2.45, 2.75) is 19.4 Å². The Bertz CT molecular complexity index is 369. The van der Waals surface area contributed by atoms with Crippen LogP contribution in [0.2, 0.25) is 5.02 Å². The lowest BCUT2D eigenvalue weighted by molar-refractivity contribution is 0.176. The Hall–Kier alpha value is -0.640. The first kappa shape index (κ1) is 13.8. The van der Waals surface area contributed by atoms with Gasteiger partial charge in [0.25, 0.3) is 0 Å².